The average Bonchev–Trinajstić information content (AvgIpc) is 2.52. The molecule has 6 heteroatoms. The smallest absolute Gasteiger partial charge is 0.408 e. The summed E-state index contributed by atoms with van der Waals surface area (Å²) >= 11 is 0. The number of benzene rings is 1. The van der Waals surface area contributed by atoms with E-state index in [1.165, 1.54) is 0 Å². The molecule has 6 nitrogen and oxygen atoms in total. The zero-order chi connectivity index (χ0) is 18.1. The van der Waals surface area contributed by atoms with E-state index in [2.05, 4.69) is 10.6 Å². The molecule has 0 aliphatic heterocycles. The second kappa shape index (κ2) is 9.93. The Morgan fingerprint density at radius 2 is 1.71 bits per heavy atom. The number of hydrogen-bond donors (Lipinski definition) is 3. The molecule has 0 bridgehead atoms. The van der Waals surface area contributed by atoms with Crippen LogP contribution >= 0.6 is 0 Å². The standard InChI is InChI=1S/C18H28N2O4/c1-12(2)10-16(14(4)21)20-17(22)13(3)19-18(23)24-11-15-8-6-5-7-9-15/h5-9,12-14,16,21H,10-11H2,1-4H3,(H,19,23)(H,20,22)/t13-,14+,16+/m1/s1. The van der Waals surface area contributed by atoms with Crippen molar-refractivity contribution in [2.45, 2.75) is 58.9 Å². The van der Waals surface area contributed by atoms with E-state index >= 15 is 0 Å². The van der Waals surface area contributed by atoms with Crippen molar-refractivity contribution in [2.75, 3.05) is 0 Å². The van der Waals surface area contributed by atoms with Crippen LogP contribution in [0.5, 0.6) is 0 Å². The number of carbonyl (C=O) groups is 2. The lowest BCUT2D eigenvalue weighted by atomic mass is 9.99. The van der Waals surface area contributed by atoms with Crippen molar-refractivity contribution in [2.24, 2.45) is 5.92 Å². The lowest BCUT2D eigenvalue weighted by Crippen LogP contribution is -2.51. The summed E-state index contributed by atoms with van der Waals surface area (Å²) in [5.74, 6) is -0.0118. The molecule has 0 saturated heterocycles. The van der Waals surface area contributed by atoms with E-state index in [1.54, 1.807) is 13.8 Å². The van der Waals surface area contributed by atoms with E-state index in [1.807, 2.05) is 44.2 Å². The molecule has 0 fully saturated rings. The summed E-state index contributed by atoms with van der Waals surface area (Å²) < 4.78 is 5.09. The van der Waals surface area contributed by atoms with Crippen LogP contribution in [0, 0.1) is 5.92 Å². The Bertz CT molecular complexity index is 517. The zero-order valence-electron chi connectivity index (χ0n) is 14.8. The summed E-state index contributed by atoms with van der Waals surface area (Å²) in [6.07, 6.45) is -0.651. The minimum atomic E-state index is -0.748. The monoisotopic (exact) mass is 336 g/mol. The van der Waals surface area contributed by atoms with Crippen LogP contribution in [-0.2, 0) is 16.1 Å². The molecule has 24 heavy (non-hydrogen) atoms. The van der Waals surface area contributed by atoms with E-state index in [4.69, 9.17) is 4.74 Å². The maximum atomic E-state index is 12.2. The Labute approximate surface area is 143 Å². The summed E-state index contributed by atoms with van der Waals surface area (Å²) in [4.78, 5) is 23.9. The maximum absolute atomic E-state index is 12.2. The van der Waals surface area contributed by atoms with Crippen LogP contribution in [0.2, 0.25) is 0 Å². The molecule has 3 N–H and O–H groups in total. The lowest BCUT2D eigenvalue weighted by Gasteiger charge is -2.25. The molecule has 0 saturated carbocycles. The molecule has 1 aromatic carbocycles. The Hall–Kier alpha value is -2.08. The number of hydrogen-bond acceptors (Lipinski definition) is 4. The van der Waals surface area contributed by atoms with Gasteiger partial charge in [0.1, 0.15) is 12.6 Å². The van der Waals surface area contributed by atoms with Crippen molar-refractivity contribution >= 4 is 12.0 Å². The van der Waals surface area contributed by atoms with Crippen molar-refractivity contribution in [1.82, 2.24) is 10.6 Å². The topological polar surface area (TPSA) is 87.7 Å². The Kier molecular flexibility index (Phi) is 8.26. The third-order valence-corrected chi connectivity index (χ3v) is 3.58. The molecule has 1 rings (SSSR count). The van der Waals surface area contributed by atoms with Crippen LogP contribution in [0.15, 0.2) is 30.3 Å². The highest BCUT2D eigenvalue weighted by Gasteiger charge is 2.23. The van der Waals surface area contributed by atoms with Crippen LogP contribution in [0.1, 0.15) is 39.7 Å². The van der Waals surface area contributed by atoms with Crippen LogP contribution in [0.25, 0.3) is 0 Å². The first-order valence-electron chi connectivity index (χ1n) is 8.25. The minimum absolute atomic E-state index is 0.144. The van der Waals surface area contributed by atoms with Crippen molar-refractivity contribution in [3.8, 4) is 0 Å². The van der Waals surface area contributed by atoms with Crippen LogP contribution < -0.4 is 10.6 Å². The largest absolute Gasteiger partial charge is 0.445 e. The number of rotatable bonds is 8. The molecule has 0 spiro atoms. The molecular weight excluding hydrogens is 308 g/mol. The van der Waals surface area contributed by atoms with Gasteiger partial charge >= 0.3 is 6.09 Å². The van der Waals surface area contributed by atoms with Gasteiger partial charge in [-0.05, 0) is 31.7 Å². The number of aliphatic hydroxyl groups excluding tert-OH is 1. The summed E-state index contributed by atoms with van der Waals surface area (Å²) in [7, 11) is 0. The molecule has 0 aliphatic rings. The summed E-state index contributed by atoms with van der Waals surface area (Å²) in [5.41, 5.74) is 0.871. The fourth-order valence-corrected chi connectivity index (χ4v) is 2.20. The molecular formula is C18H28N2O4. The van der Waals surface area contributed by atoms with Gasteiger partial charge in [-0.2, -0.15) is 0 Å². The van der Waals surface area contributed by atoms with Gasteiger partial charge in [-0.15, -0.1) is 0 Å². The number of ether oxygens (including phenoxy) is 1. The number of aliphatic hydroxyl groups is 1. The van der Waals surface area contributed by atoms with Gasteiger partial charge in [0, 0.05) is 0 Å². The normalized spacial score (nSPS) is 14.6. The van der Waals surface area contributed by atoms with Crippen molar-refractivity contribution in [3.63, 3.8) is 0 Å². The van der Waals surface area contributed by atoms with E-state index in [0.29, 0.717) is 12.3 Å². The quantitative estimate of drug-likeness (QED) is 0.679. The highest BCUT2D eigenvalue weighted by atomic mass is 16.5. The molecule has 1 aromatic rings. The van der Waals surface area contributed by atoms with Crippen molar-refractivity contribution in [3.05, 3.63) is 35.9 Å². The average molecular weight is 336 g/mol. The van der Waals surface area contributed by atoms with E-state index in [9.17, 15) is 14.7 Å². The van der Waals surface area contributed by atoms with Gasteiger partial charge in [0.2, 0.25) is 5.91 Å². The van der Waals surface area contributed by atoms with E-state index in [-0.39, 0.29) is 18.6 Å². The Morgan fingerprint density at radius 1 is 1.08 bits per heavy atom. The summed E-state index contributed by atoms with van der Waals surface area (Å²) in [6.45, 7) is 7.39. The number of carbonyl (C=O) groups excluding carboxylic acids is 2. The molecule has 0 radical (unpaired) electrons. The predicted molar refractivity (Wildman–Crippen MR) is 92.3 cm³/mol. The minimum Gasteiger partial charge on any atom is -0.445 e. The SMILES string of the molecule is CC(C)C[C@H](NC(=O)[C@@H](C)NC(=O)OCc1ccccc1)[C@H](C)O. The van der Waals surface area contributed by atoms with Crippen molar-refractivity contribution in [1.29, 1.82) is 0 Å². The Balaban J connectivity index is 2.43. The molecule has 2 amide bonds. The fourth-order valence-electron chi connectivity index (χ4n) is 2.20. The van der Waals surface area contributed by atoms with Gasteiger partial charge in [0.25, 0.3) is 0 Å². The number of amides is 2. The number of nitrogens with one attached hydrogen (secondary N) is 2. The van der Waals surface area contributed by atoms with E-state index in [0.717, 1.165) is 5.56 Å². The van der Waals surface area contributed by atoms with Gasteiger partial charge < -0.3 is 20.5 Å². The van der Waals surface area contributed by atoms with Gasteiger partial charge in [0.15, 0.2) is 0 Å². The van der Waals surface area contributed by atoms with E-state index < -0.39 is 18.2 Å². The molecule has 3 atom stereocenters. The fraction of sp³-hybridized carbons (Fsp3) is 0.556. The van der Waals surface area contributed by atoms with Gasteiger partial charge in [-0.1, -0.05) is 44.2 Å². The number of alkyl carbamates (subject to hydrolysis) is 1. The van der Waals surface area contributed by atoms with Crippen LogP contribution in [0.4, 0.5) is 4.79 Å². The molecule has 134 valence electrons. The molecule has 0 unspecified atom stereocenters. The first-order valence-corrected chi connectivity index (χ1v) is 8.25. The Morgan fingerprint density at radius 3 is 2.25 bits per heavy atom. The lowest BCUT2D eigenvalue weighted by molar-refractivity contribution is -0.124. The molecule has 0 aromatic heterocycles. The third kappa shape index (κ3) is 7.46. The maximum Gasteiger partial charge on any atom is 0.408 e. The van der Waals surface area contributed by atoms with Crippen LogP contribution in [-0.4, -0.2) is 35.3 Å². The predicted octanol–water partition coefficient (Wildman–Crippen LogP) is 2.21. The van der Waals surface area contributed by atoms with Crippen LogP contribution in [0.3, 0.4) is 0 Å². The molecule has 0 heterocycles. The third-order valence-electron chi connectivity index (χ3n) is 3.58. The van der Waals surface area contributed by atoms with Gasteiger partial charge in [0.05, 0.1) is 12.1 Å². The second-order valence-electron chi connectivity index (χ2n) is 6.41. The van der Waals surface area contributed by atoms with Gasteiger partial charge in [-0.25, -0.2) is 4.79 Å². The zero-order valence-corrected chi connectivity index (χ0v) is 14.8. The highest BCUT2D eigenvalue weighted by molar-refractivity contribution is 5.85. The second-order valence-corrected chi connectivity index (χ2v) is 6.41. The van der Waals surface area contributed by atoms with Crippen molar-refractivity contribution < 1.29 is 19.4 Å². The first-order chi connectivity index (χ1) is 11.3. The summed E-state index contributed by atoms with van der Waals surface area (Å²) in [5, 5.41) is 15.0. The first kappa shape index (κ1) is 20.0. The molecule has 0 aliphatic carbocycles. The summed E-state index contributed by atoms with van der Waals surface area (Å²) in [6, 6.07) is 8.20. The van der Waals surface area contributed by atoms with Gasteiger partial charge in [-0.3, -0.25) is 4.79 Å². The highest BCUT2D eigenvalue weighted by Crippen LogP contribution is 2.08.